The molecular weight excluding hydrogens is 396 g/mol. The maximum Gasteiger partial charge on any atom is 0.255 e. The van der Waals surface area contributed by atoms with Crippen LogP contribution in [0.25, 0.3) is 0 Å². The standard InChI is InChI=1S/C25H29ClN2O2/c26-23-11-5-4-10-22(23)25(30)28-14-6-9-21(18-28)24(29)27-15-12-20(13-16-27)17-19-7-2-1-3-8-19/h1-5,7-8,10-11,20-21H,6,9,12-18H2. The molecule has 1 atom stereocenters. The molecule has 0 radical (unpaired) electrons. The van der Waals surface area contributed by atoms with E-state index in [-0.39, 0.29) is 17.7 Å². The van der Waals surface area contributed by atoms with Gasteiger partial charge in [0.25, 0.3) is 5.91 Å². The van der Waals surface area contributed by atoms with Crippen molar-refractivity contribution in [3.63, 3.8) is 0 Å². The van der Waals surface area contributed by atoms with Crippen LogP contribution in [0.2, 0.25) is 5.02 Å². The first-order chi connectivity index (χ1) is 14.6. The van der Waals surface area contributed by atoms with Gasteiger partial charge in [-0.1, -0.05) is 54.1 Å². The number of likely N-dealkylation sites (tertiary alicyclic amines) is 2. The molecule has 2 saturated heterocycles. The molecule has 1 unspecified atom stereocenters. The number of carbonyl (C=O) groups is 2. The lowest BCUT2D eigenvalue weighted by Gasteiger charge is -2.38. The van der Waals surface area contributed by atoms with Crippen LogP contribution < -0.4 is 0 Å². The monoisotopic (exact) mass is 424 g/mol. The summed E-state index contributed by atoms with van der Waals surface area (Å²) < 4.78 is 0. The van der Waals surface area contributed by atoms with Gasteiger partial charge in [-0.15, -0.1) is 0 Å². The maximum atomic E-state index is 13.2. The molecule has 0 spiro atoms. The lowest BCUT2D eigenvalue weighted by Crippen LogP contribution is -2.48. The van der Waals surface area contributed by atoms with Crippen LogP contribution in [0.1, 0.15) is 41.6 Å². The molecule has 158 valence electrons. The quantitative estimate of drug-likeness (QED) is 0.715. The average molecular weight is 425 g/mol. The van der Waals surface area contributed by atoms with E-state index in [1.165, 1.54) is 5.56 Å². The third kappa shape index (κ3) is 4.86. The molecule has 0 saturated carbocycles. The van der Waals surface area contributed by atoms with Gasteiger partial charge in [0.05, 0.1) is 16.5 Å². The van der Waals surface area contributed by atoms with Gasteiger partial charge < -0.3 is 9.80 Å². The van der Waals surface area contributed by atoms with Crippen LogP contribution in [-0.4, -0.2) is 47.8 Å². The highest BCUT2D eigenvalue weighted by molar-refractivity contribution is 6.33. The van der Waals surface area contributed by atoms with Gasteiger partial charge in [-0.05, 0) is 55.7 Å². The zero-order chi connectivity index (χ0) is 20.9. The highest BCUT2D eigenvalue weighted by Gasteiger charge is 2.33. The number of rotatable bonds is 4. The van der Waals surface area contributed by atoms with Crippen LogP contribution in [-0.2, 0) is 11.2 Å². The SMILES string of the molecule is O=C(c1ccccc1Cl)N1CCCC(C(=O)N2CCC(Cc3ccccc3)CC2)C1. The zero-order valence-corrected chi connectivity index (χ0v) is 18.1. The molecule has 2 amide bonds. The molecule has 2 aliphatic heterocycles. The van der Waals surface area contributed by atoms with Crippen molar-refractivity contribution in [3.05, 3.63) is 70.7 Å². The fourth-order valence-corrected chi connectivity index (χ4v) is 4.95. The summed E-state index contributed by atoms with van der Waals surface area (Å²) in [7, 11) is 0. The van der Waals surface area contributed by atoms with Gasteiger partial charge in [0.1, 0.15) is 0 Å². The Bertz CT molecular complexity index is 878. The Morgan fingerprint density at radius 1 is 0.867 bits per heavy atom. The molecule has 2 heterocycles. The van der Waals surface area contributed by atoms with Crippen LogP contribution in [0.15, 0.2) is 54.6 Å². The number of amides is 2. The van der Waals surface area contributed by atoms with Gasteiger partial charge in [-0.3, -0.25) is 9.59 Å². The van der Waals surface area contributed by atoms with Crippen molar-refractivity contribution in [2.24, 2.45) is 11.8 Å². The van der Waals surface area contributed by atoms with E-state index in [4.69, 9.17) is 11.6 Å². The van der Waals surface area contributed by atoms with Gasteiger partial charge in [-0.2, -0.15) is 0 Å². The first-order valence-corrected chi connectivity index (χ1v) is 11.4. The Kier molecular flexibility index (Phi) is 6.73. The normalized spacial score (nSPS) is 20.2. The lowest BCUT2D eigenvalue weighted by atomic mass is 9.89. The second kappa shape index (κ2) is 9.65. The van der Waals surface area contributed by atoms with Crippen molar-refractivity contribution in [2.45, 2.75) is 32.1 Å². The molecular formula is C25H29ClN2O2. The van der Waals surface area contributed by atoms with Crippen molar-refractivity contribution in [1.82, 2.24) is 9.80 Å². The molecule has 4 nitrogen and oxygen atoms in total. The summed E-state index contributed by atoms with van der Waals surface area (Å²) in [5.41, 5.74) is 1.90. The van der Waals surface area contributed by atoms with Crippen molar-refractivity contribution in [2.75, 3.05) is 26.2 Å². The van der Waals surface area contributed by atoms with Gasteiger partial charge >= 0.3 is 0 Å². The molecule has 0 aliphatic carbocycles. The summed E-state index contributed by atoms with van der Waals surface area (Å²) in [6.45, 7) is 2.83. The third-order valence-corrected chi connectivity index (χ3v) is 6.79. The fourth-order valence-electron chi connectivity index (χ4n) is 4.73. The van der Waals surface area contributed by atoms with Gasteiger partial charge in [0, 0.05) is 26.2 Å². The molecule has 2 aromatic rings. The predicted molar refractivity (Wildman–Crippen MR) is 120 cm³/mol. The number of hydrogen-bond donors (Lipinski definition) is 0. The van der Waals surface area contributed by atoms with Crippen LogP contribution in [0.5, 0.6) is 0 Å². The lowest BCUT2D eigenvalue weighted by molar-refractivity contribution is -0.138. The van der Waals surface area contributed by atoms with Crippen molar-refractivity contribution in [3.8, 4) is 0 Å². The smallest absolute Gasteiger partial charge is 0.255 e. The van der Waals surface area contributed by atoms with Crippen molar-refractivity contribution in [1.29, 1.82) is 0 Å². The number of hydrogen-bond acceptors (Lipinski definition) is 2. The van der Waals surface area contributed by atoms with E-state index >= 15 is 0 Å². The Morgan fingerprint density at radius 2 is 1.57 bits per heavy atom. The van der Waals surface area contributed by atoms with Crippen molar-refractivity contribution < 1.29 is 9.59 Å². The van der Waals surface area contributed by atoms with Crippen molar-refractivity contribution >= 4 is 23.4 Å². The molecule has 30 heavy (non-hydrogen) atoms. The van der Waals surface area contributed by atoms with E-state index in [1.54, 1.807) is 17.0 Å². The van der Waals surface area contributed by atoms with E-state index in [1.807, 2.05) is 17.0 Å². The zero-order valence-electron chi connectivity index (χ0n) is 17.3. The topological polar surface area (TPSA) is 40.6 Å². The third-order valence-electron chi connectivity index (χ3n) is 6.46. The molecule has 2 aromatic carbocycles. The Labute approximate surface area is 183 Å². The number of benzene rings is 2. The molecule has 5 heteroatoms. The van der Waals surface area contributed by atoms with E-state index in [9.17, 15) is 9.59 Å². The van der Waals surface area contributed by atoms with E-state index in [2.05, 4.69) is 30.3 Å². The predicted octanol–water partition coefficient (Wildman–Crippen LogP) is 4.67. The summed E-state index contributed by atoms with van der Waals surface area (Å²) in [6, 6.07) is 17.7. The van der Waals surface area contributed by atoms with Gasteiger partial charge in [-0.25, -0.2) is 0 Å². The summed E-state index contributed by atoms with van der Waals surface area (Å²) in [6.07, 6.45) is 4.91. The number of nitrogens with zero attached hydrogens (tertiary/aromatic N) is 2. The molecule has 2 aliphatic rings. The van der Waals surface area contributed by atoms with Gasteiger partial charge in [0.2, 0.25) is 5.91 Å². The molecule has 4 rings (SSSR count). The van der Waals surface area contributed by atoms with Crippen LogP contribution in [0.3, 0.4) is 0 Å². The van der Waals surface area contributed by atoms with E-state index in [0.717, 1.165) is 45.2 Å². The largest absolute Gasteiger partial charge is 0.342 e. The summed E-state index contributed by atoms with van der Waals surface area (Å²) in [4.78, 5) is 29.9. The first kappa shape index (κ1) is 20.9. The minimum Gasteiger partial charge on any atom is -0.342 e. The highest BCUT2D eigenvalue weighted by Crippen LogP contribution is 2.27. The van der Waals surface area contributed by atoms with E-state index < -0.39 is 0 Å². The Balaban J connectivity index is 1.31. The molecule has 2 fully saturated rings. The average Bonchev–Trinajstić information content (AvgIpc) is 2.80. The summed E-state index contributed by atoms with van der Waals surface area (Å²) >= 11 is 6.21. The Hall–Kier alpha value is -2.33. The Morgan fingerprint density at radius 3 is 2.30 bits per heavy atom. The van der Waals surface area contributed by atoms with Crippen LogP contribution in [0.4, 0.5) is 0 Å². The molecule has 0 aromatic heterocycles. The molecule has 0 N–H and O–H groups in total. The minimum atomic E-state index is -0.101. The number of piperidine rings is 2. The highest BCUT2D eigenvalue weighted by atomic mass is 35.5. The summed E-state index contributed by atoms with van der Waals surface area (Å²) in [5.74, 6) is 0.682. The second-order valence-electron chi connectivity index (χ2n) is 8.53. The minimum absolute atomic E-state index is 0.0698. The maximum absolute atomic E-state index is 13.2. The van der Waals surface area contributed by atoms with Gasteiger partial charge in [0.15, 0.2) is 0 Å². The molecule has 0 bridgehead atoms. The summed E-state index contributed by atoms with van der Waals surface area (Å²) in [5, 5.41) is 0.469. The number of halogens is 1. The first-order valence-electron chi connectivity index (χ1n) is 11.0. The fraction of sp³-hybridized carbons (Fsp3) is 0.440. The second-order valence-corrected chi connectivity index (χ2v) is 8.94. The number of carbonyl (C=O) groups excluding carboxylic acids is 2. The van der Waals surface area contributed by atoms with Crippen LogP contribution >= 0.6 is 11.6 Å². The van der Waals surface area contributed by atoms with E-state index in [0.29, 0.717) is 29.6 Å². The van der Waals surface area contributed by atoms with Crippen LogP contribution in [0, 0.1) is 11.8 Å².